The highest BCUT2D eigenvalue weighted by atomic mass is 16.5. The molecule has 17 heavy (non-hydrogen) atoms. The molecule has 0 aliphatic heterocycles. The minimum Gasteiger partial charge on any atom is -0.493 e. The Bertz CT molecular complexity index is 379. The molecule has 94 valence electrons. The topological polar surface area (TPSA) is 81.8 Å². The molecule has 0 saturated carbocycles. The maximum absolute atomic E-state index is 10.6. The molecule has 1 rings (SSSR count). The summed E-state index contributed by atoms with van der Waals surface area (Å²) in [6.45, 7) is 2.23. The molecule has 3 N–H and O–H groups in total. The lowest BCUT2D eigenvalue weighted by atomic mass is 10.2. The van der Waals surface area contributed by atoms with Crippen molar-refractivity contribution in [2.24, 2.45) is 5.73 Å². The molecule has 1 amide bonds. The molecular weight excluding hydrogens is 222 g/mol. The van der Waals surface area contributed by atoms with Crippen molar-refractivity contribution in [3.05, 3.63) is 23.8 Å². The normalized spacial score (nSPS) is 10.0. The van der Waals surface area contributed by atoms with Crippen molar-refractivity contribution in [3.63, 3.8) is 0 Å². The van der Waals surface area contributed by atoms with Crippen LogP contribution >= 0.6 is 0 Å². The maximum Gasteiger partial charge on any atom is 0.255 e. The number of amides is 1. The van der Waals surface area contributed by atoms with Crippen LogP contribution in [0.5, 0.6) is 11.5 Å². The summed E-state index contributed by atoms with van der Waals surface area (Å²) in [4.78, 5) is 10.6. The minimum atomic E-state index is -0.561. The lowest BCUT2D eigenvalue weighted by molar-refractivity contribution is -0.119. The third-order valence-corrected chi connectivity index (χ3v) is 2.05. The largest absolute Gasteiger partial charge is 0.493 e. The van der Waals surface area contributed by atoms with E-state index >= 15 is 0 Å². The molecule has 1 aromatic rings. The van der Waals surface area contributed by atoms with Crippen molar-refractivity contribution in [1.82, 2.24) is 0 Å². The van der Waals surface area contributed by atoms with Crippen LogP contribution in [0.4, 0.5) is 0 Å². The Hall–Kier alpha value is -1.75. The standard InChI is InChI=1S/C12H17NO4/c1-2-5-16-10-4-3-9(7-14)11(6-10)17-8-12(13)15/h3-4,6,14H,2,5,7-8H2,1H3,(H2,13,15). The summed E-state index contributed by atoms with van der Waals surface area (Å²) in [5.74, 6) is 0.497. The van der Waals surface area contributed by atoms with Gasteiger partial charge in [0.05, 0.1) is 13.2 Å². The van der Waals surface area contributed by atoms with E-state index in [2.05, 4.69) is 0 Å². The van der Waals surface area contributed by atoms with Gasteiger partial charge in [-0.3, -0.25) is 4.79 Å². The van der Waals surface area contributed by atoms with Crippen molar-refractivity contribution in [2.75, 3.05) is 13.2 Å². The number of ether oxygens (including phenoxy) is 2. The number of rotatable bonds is 7. The summed E-state index contributed by atoms with van der Waals surface area (Å²) in [6, 6.07) is 5.09. The lowest BCUT2D eigenvalue weighted by Crippen LogP contribution is -2.20. The van der Waals surface area contributed by atoms with E-state index in [0.29, 0.717) is 23.7 Å². The van der Waals surface area contributed by atoms with Crippen LogP contribution in [0.2, 0.25) is 0 Å². The molecule has 0 aliphatic carbocycles. The Morgan fingerprint density at radius 2 is 2.18 bits per heavy atom. The summed E-state index contributed by atoms with van der Waals surface area (Å²) in [5.41, 5.74) is 5.59. The van der Waals surface area contributed by atoms with E-state index in [1.165, 1.54) is 0 Å². The minimum absolute atomic E-state index is 0.165. The quantitative estimate of drug-likeness (QED) is 0.738. The van der Waals surface area contributed by atoms with Crippen molar-refractivity contribution in [2.45, 2.75) is 20.0 Å². The van der Waals surface area contributed by atoms with Crippen molar-refractivity contribution in [3.8, 4) is 11.5 Å². The van der Waals surface area contributed by atoms with Gasteiger partial charge in [-0.05, 0) is 18.6 Å². The first kappa shape index (κ1) is 13.3. The van der Waals surface area contributed by atoms with Gasteiger partial charge in [0.25, 0.3) is 5.91 Å². The van der Waals surface area contributed by atoms with Gasteiger partial charge in [-0.25, -0.2) is 0 Å². The van der Waals surface area contributed by atoms with Crippen LogP contribution in [0.25, 0.3) is 0 Å². The van der Waals surface area contributed by atoms with E-state index in [0.717, 1.165) is 6.42 Å². The molecule has 0 fully saturated rings. The van der Waals surface area contributed by atoms with Gasteiger partial charge < -0.3 is 20.3 Å². The highest BCUT2D eigenvalue weighted by Gasteiger charge is 2.06. The van der Waals surface area contributed by atoms with E-state index in [1.54, 1.807) is 18.2 Å². The Balaban J connectivity index is 2.78. The second kappa shape index (κ2) is 6.75. The van der Waals surface area contributed by atoms with Crippen LogP contribution in [-0.2, 0) is 11.4 Å². The van der Waals surface area contributed by atoms with Gasteiger partial charge >= 0.3 is 0 Å². The van der Waals surface area contributed by atoms with Gasteiger partial charge in [0.2, 0.25) is 0 Å². The number of benzene rings is 1. The first-order valence-electron chi connectivity index (χ1n) is 5.45. The highest BCUT2D eigenvalue weighted by Crippen LogP contribution is 2.25. The average molecular weight is 239 g/mol. The molecular formula is C12H17NO4. The van der Waals surface area contributed by atoms with Gasteiger partial charge in [0, 0.05) is 11.6 Å². The number of aliphatic hydroxyl groups excluding tert-OH is 1. The van der Waals surface area contributed by atoms with E-state index in [4.69, 9.17) is 20.3 Å². The summed E-state index contributed by atoms with van der Waals surface area (Å²) >= 11 is 0. The number of carbonyl (C=O) groups is 1. The van der Waals surface area contributed by atoms with Crippen molar-refractivity contribution >= 4 is 5.91 Å². The lowest BCUT2D eigenvalue weighted by Gasteiger charge is -2.11. The van der Waals surface area contributed by atoms with E-state index < -0.39 is 5.91 Å². The maximum atomic E-state index is 10.6. The van der Waals surface area contributed by atoms with Crippen LogP contribution in [0.3, 0.4) is 0 Å². The van der Waals surface area contributed by atoms with Gasteiger partial charge in [-0.1, -0.05) is 6.92 Å². The molecule has 1 aromatic carbocycles. The molecule has 0 heterocycles. The monoisotopic (exact) mass is 239 g/mol. The molecule has 0 saturated heterocycles. The van der Waals surface area contributed by atoms with E-state index in [-0.39, 0.29) is 13.2 Å². The zero-order valence-corrected chi connectivity index (χ0v) is 9.81. The molecule has 5 heteroatoms. The zero-order chi connectivity index (χ0) is 12.7. The smallest absolute Gasteiger partial charge is 0.255 e. The Labute approximate surface area is 100 Å². The fraction of sp³-hybridized carbons (Fsp3) is 0.417. The van der Waals surface area contributed by atoms with E-state index in [9.17, 15) is 4.79 Å². The first-order chi connectivity index (χ1) is 8.17. The third-order valence-electron chi connectivity index (χ3n) is 2.05. The fourth-order valence-corrected chi connectivity index (χ4v) is 1.26. The molecule has 0 spiro atoms. The zero-order valence-electron chi connectivity index (χ0n) is 9.81. The number of hydrogen-bond acceptors (Lipinski definition) is 4. The molecule has 0 atom stereocenters. The van der Waals surface area contributed by atoms with Crippen molar-refractivity contribution < 1.29 is 19.4 Å². The van der Waals surface area contributed by atoms with Crippen LogP contribution in [-0.4, -0.2) is 24.2 Å². The molecule has 0 radical (unpaired) electrons. The van der Waals surface area contributed by atoms with Crippen LogP contribution < -0.4 is 15.2 Å². The molecule has 0 bridgehead atoms. The molecule has 0 aromatic heterocycles. The Morgan fingerprint density at radius 3 is 2.76 bits per heavy atom. The summed E-state index contributed by atoms with van der Waals surface area (Å²) < 4.78 is 10.6. The van der Waals surface area contributed by atoms with E-state index in [1.807, 2.05) is 6.92 Å². The third kappa shape index (κ3) is 4.32. The number of hydrogen-bond donors (Lipinski definition) is 2. The second-order valence-corrected chi connectivity index (χ2v) is 3.53. The van der Waals surface area contributed by atoms with Gasteiger partial charge in [0.1, 0.15) is 11.5 Å². The van der Waals surface area contributed by atoms with Gasteiger partial charge in [0.15, 0.2) is 6.61 Å². The SMILES string of the molecule is CCCOc1ccc(CO)c(OCC(N)=O)c1. The highest BCUT2D eigenvalue weighted by molar-refractivity contribution is 5.75. The summed E-state index contributed by atoms with van der Waals surface area (Å²) in [5, 5.41) is 9.11. The van der Waals surface area contributed by atoms with Gasteiger partial charge in [-0.15, -0.1) is 0 Å². The van der Waals surface area contributed by atoms with Crippen LogP contribution in [0, 0.1) is 0 Å². The molecule has 0 unspecified atom stereocenters. The van der Waals surface area contributed by atoms with Crippen LogP contribution in [0.15, 0.2) is 18.2 Å². The summed E-state index contributed by atoms with van der Waals surface area (Å²) in [6.07, 6.45) is 0.902. The van der Waals surface area contributed by atoms with Crippen molar-refractivity contribution in [1.29, 1.82) is 0 Å². The predicted octanol–water partition coefficient (Wildman–Crippen LogP) is 0.832. The summed E-state index contributed by atoms with van der Waals surface area (Å²) in [7, 11) is 0. The average Bonchev–Trinajstić information content (AvgIpc) is 2.33. The predicted molar refractivity (Wildman–Crippen MR) is 62.8 cm³/mol. The number of aliphatic hydroxyl groups is 1. The first-order valence-corrected chi connectivity index (χ1v) is 5.45. The molecule has 0 aliphatic rings. The Morgan fingerprint density at radius 1 is 1.41 bits per heavy atom. The number of nitrogens with two attached hydrogens (primary N) is 1. The second-order valence-electron chi connectivity index (χ2n) is 3.53. The van der Waals surface area contributed by atoms with Gasteiger partial charge in [-0.2, -0.15) is 0 Å². The number of primary amides is 1. The molecule has 5 nitrogen and oxygen atoms in total. The Kier molecular flexibility index (Phi) is 5.29. The number of carbonyl (C=O) groups excluding carboxylic acids is 1. The fourth-order valence-electron chi connectivity index (χ4n) is 1.26. The van der Waals surface area contributed by atoms with Crippen LogP contribution in [0.1, 0.15) is 18.9 Å².